The molecular weight excluding hydrogens is 498 g/mol. The van der Waals surface area contributed by atoms with E-state index in [0.717, 1.165) is 64.8 Å². The van der Waals surface area contributed by atoms with E-state index in [4.69, 9.17) is 14.5 Å². The molecule has 38 heavy (non-hydrogen) atoms. The van der Waals surface area contributed by atoms with Crippen LogP contribution in [0.1, 0.15) is 48.3 Å². The van der Waals surface area contributed by atoms with Crippen LogP contribution < -0.4 is 14.9 Å². The van der Waals surface area contributed by atoms with Crippen LogP contribution >= 0.6 is 11.3 Å². The Hall–Kier alpha value is -3.69. The Labute approximate surface area is 225 Å². The number of ether oxygens (including phenoxy) is 2. The predicted octanol–water partition coefficient (Wildman–Crippen LogP) is 5.51. The van der Waals surface area contributed by atoms with E-state index in [1.807, 2.05) is 24.4 Å². The van der Waals surface area contributed by atoms with E-state index < -0.39 is 0 Å². The third kappa shape index (κ3) is 5.04. The SMILES string of the molecule is CCn1cc(C(=O)N/N=C/c2ccc3c(c2)OCO3)c2cc(-c3nc(CN4CCC(C)CC4)cs3)ccc21. The number of likely N-dealkylation sites (tertiary alicyclic amines) is 1. The number of aromatic nitrogens is 2. The number of hydrogen-bond acceptors (Lipinski definition) is 7. The first-order valence-electron chi connectivity index (χ1n) is 13.1. The molecule has 0 atom stereocenters. The number of carbonyl (C=O) groups excluding carboxylic acids is 1. The fourth-order valence-electron chi connectivity index (χ4n) is 5.05. The summed E-state index contributed by atoms with van der Waals surface area (Å²) in [7, 11) is 0. The lowest BCUT2D eigenvalue weighted by Crippen LogP contribution is -2.32. The van der Waals surface area contributed by atoms with Gasteiger partial charge in [-0.05, 0) is 80.7 Å². The Morgan fingerprint density at radius 2 is 2.03 bits per heavy atom. The van der Waals surface area contributed by atoms with E-state index in [1.54, 1.807) is 17.6 Å². The Balaban J connectivity index is 1.20. The summed E-state index contributed by atoms with van der Waals surface area (Å²) in [5.41, 5.74) is 7.23. The standard InChI is InChI=1S/C29H31N5O3S/c1-3-34-16-24(28(35)32-30-14-20-4-7-26-27(12-20)37-18-36-26)23-13-21(5-6-25(23)34)29-31-22(17-38-29)15-33-10-8-19(2)9-11-33/h4-7,12-14,16-17,19H,3,8-11,15,18H2,1-2H3,(H,32,35)/b30-14+. The zero-order chi connectivity index (χ0) is 26.1. The molecule has 1 amide bonds. The van der Waals surface area contributed by atoms with Gasteiger partial charge in [-0.3, -0.25) is 9.69 Å². The second-order valence-electron chi connectivity index (χ2n) is 9.98. The minimum absolute atomic E-state index is 0.218. The maximum absolute atomic E-state index is 13.2. The van der Waals surface area contributed by atoms with Crippen LogP contribution in [0.4, 0.5) is 0 Å². The molecule has 2 aliphatic rings. The van der Waals surface area contributed by atoms with Gasteiger partial charge in [0, 0.05) is 41.1 Å². The molecule has 2 aromatic heterocycles. The highest BCUT2D eigenvalue weighted by Crippen LogP contribution is 2.32. The van der Waals surface area contributed by atoms with E-state index >= 15 is 0 Å². The lowest BCUT2D eigenvalue weighted by Gasteiger charge is -2.29. The Bertz CT molecular complexity index is 1500. The average Bonchev–Trinajstić information content (AvgIpc) is 3.68. The zero-order valence-corrected chi connectivity index (χ0v) is 22.5. The molecule has 6 rings (SSSR count). The predicted molar refractivity (Wildman–Crippen MR) is 150 cm³/mol. The normalized spacial score (nSPS) is 16.1. The number of nitrogens with zero attached hydrogens (tertiary/aromatic N) is 4. The maximum Gasteiger partial charge on any atom is 0.273 e. The van der Waals surface area contributed by atoms with Gasteiger partial charge in [0.2, 0.25) is 6.79 Å². The average molecular weight is 530 g/mol. The molecule has 9 heteroatoms. The number of piperidine rings is 1. The maximum atomic E-state index is 13.2. The Morgan fingerprint density at radius 1 is 1.18 bits per heavy atom. The minimum atomic E-state index is -0.254. The highest BCUT2D eigenvalue weighted by molar-refractivity contribution is 7.13. The van der Waals surface area contributed by atoms with Gasteiger partial charge in [-0.1, -0.05) is 6.92 Å². The molecule has 1 fully saturated rings. The highest BCUT2D eigenvalue weighted by Gasteiger charge is 2.19. The van der Waals surface area contributed by atoms with Crippen molar-refractivity contribution in [2.75, 3.05) is 19.9 Å². The lowest BCUT2D eigenvalue weighted by molar-refractivity contribution is 0.0956. The molecule has 2 aromatic carbocycles. The van der Waals surface area contributed by atoms with E-state index in [0.29, 0.717) is 17.1 Å². The van der Waals surface area contributed by atoms with Crippen molar-refractivity contribution in [2.45, 2.75) is 39.8 Å². The summed E-state index contributed by atoms with van der Waals surface area (Å²) in [5, 5.41) is 8.21. The topological polar surface area (TPSA) is 81.0 Å². The number of hydrazone groups is 1. The lowest BCUT2D eigenvalue weighted by atomic mass is 9.99. The number of hydrogen-bond donors (Lipinski definition) is 1. The van der Waals surface area contributed by atoms with Gasteiger partial charge in [-0.25, -0.2) is 10.4 Å². The van der Waals surface area contributed by atoms with Crippen LogP contribution in [-0.2, 0) is 13.1 Å². The second-order valence-corrected chi connectivity index (χ2v) is 10.8. The number of rotatable bonds is 7. The van der Waals surface area contributed by atoms with Crippen molar-refractivity contribution in [1.29, 1.82) is 0 Å². The molecular formula is C29H31N5O3S. The van der Waals surface area contributed by atoms with Gasteiger partial charge in [0.1, 0.15) is 5.01 Å². The first-order chi connectivity index (χ1) is 18.6. The van der Waals surface area contributed by atoms with Gasteiger partial charge in [-0.15, -0.1) is 11.3 Å². The van der Waals surface area contributed by atoms with E-state index in [1.165, 1.54) is 12.8 Å². The van der Waals surface area contributed by atoms with E-state index in [-0.39, 0.29) is 12.7 Å². The molecule has 0 radical (unpaired) electrons. The van der Waals surface area contributed by atoms with Gasteiger partial charge in [-0.2, -0.15) is 5.10 Å². The number of nitrogens with one attached hydrogen (secondary N) is 1. The number of benzene rings is 2. The van der Waals surface area contributed by atoms with Crippen molar-refractivity contribution in [2.24, 2.45) is 11.0 Å². The number of fused-ring (bicyclic) bond motifs is 2. The quantitative estimate of drug-likeness (QED) is 0.252. The first-order valence-corrected chi connectivity index (χ1v) is 14.0. The summed E-state index contributed by atoms with van der Waals surface area (Å²) >= 11 is 1.66. The molecule has 4 aromatic rings. The third-order valence-electron chi connectivity index (χ3n) is 7.30. The summed E-state index contributed by atoms with van der Waals surface area (Å²) in [6, 6.07) is 11.8. The molecule has 196 valence electrons. The molecule has 1 N–H and O–H groups in total. The molecule has 2 aliphatic heterocycles. The monoisotopic (exact) mass is 529 g/mol. The molecule has 0 spiro atoms. The number of carbonyl (C=O) groups is 1. The smallest absolute Gasteiger partial charge is 0.273 e. The highest BCUT2D eigenvalue weighted by atomic mass is 32.1. The summed E-state index contributed by atoms with van der Waals surface area (Å²) < 4.78 is 12.8. The molecule has 0 saturated carbocycles. The van der Waals surface area contributed by atoms with Crippen LogP contribution in [0.5, 0.6) is 11.5 Å². The molecule has 8 nitrogen and oxygen atoms in total. The number of thiazole rings is 1. The van der Waals surface area contributed by atoms with Gasteiger partial charge < -0.3 is 14.0 Å². The Kier molecular flexibility index (Phi) is 6.86. The van der Waals surface area contributed by atoms with Gasteiger partial charge in [0.25, 0.3) is 5.91 Å². The van der Waals surface area contributed by atoms with Crippen LogP contribution in [0.15, 0.2) is 53.1 Å². The van der Waals surface area contributed by atoms with Crippen LogP contribution in [0, 0.1) is 5.92 Å². The second kappa shape index (κ2) is 10.6. The minimum Gasteiger partial charge on any atom is -0.454 e. The van der Waals surface area contributed by atoms with Crippen LogP contribution in [0.3, 0.4) is 0 Å². The van der Waals surface area contributed by atoms with Crippen LogP contribution in [-0.4, -0.2) is 46.5 Å². The van der Waals surface area contributed by atoms with Gasteiger partial charge in [0.05, 0.1) is 17.5 Å². The van der Waals surface area contributed by atoms with Crippen molar-refractivity contribution >= 4 is 34.4 Å². The number of aryl methyl sites for hydroxylation is 1. The van der Waals surface area contributed by atoms with Crippen molar-refractivity contribution < 1.29 is 14.3 Å². The van der Waals surface area contributed by atoms with Crippen molar-refractivity contribution in [3.05, 3.63) is 64.8 Å². The summed E-state index contributed by atoms with van der Waals surface area (Å²) in [4.78, 5) is 20.6. The van der Waals surface area contributed by atoms with Gasteiger partial charge >= 0.3 is 0 Å². The Morgan fingerprint density at radius 3 is 2.87 bits per heavy atom. The molecule has 1 saturated heterocycles. The molecule has 0 bridgehead atoms. The first kappa shape index (κ1) is 24.6. The zero-order valence-electron chi connectivity index (χ0n) is 21.6. The molecule has 4 heterocycles. The largest absolute Gasteiger partial charge is 0.454 e. The van der Waals surface area contributed by atoms with E-state index in [2.05, 4.69) is 57.4 Å². The summed E-state index contributed by atoms with van der Waals surface area (Å²) in [6.07, 6.45) is 6.01. The fraction of sp³-hybridized carbons (Fsp3) is 0.345. The van der Waals surface area contributed by atoms with Crippen LogP contribution in [0.25, 0.3) is 21.5 Å². The summed E-state index contributed by atoms with van der Waals surface area (Å²) in [5.74, 6) is 1.95. The van der Waals surface area contributed by atoms with Gasteiger partial charge in [0.15, 0.2) is 11.5 Å². The summed E-state index contributed by atoms with van der Waals surface area (Å²) in [6.45, 7) is 8.56. The van der Waals surface area contributed by atoms with Crippen LogP contribution in [0.2, 0.25) is 0 Å². The van der Waals surface area contributed by atoms with Crippen molar-refractivity contribution in [3.63, 3.8) is 0 Å². The molecule has 0 aliphatic carbocycles. The van der Waals surface area contributed by atoms with Crippen molar-refractivity contribution in [3.8, 4) is 22.1 Å². The van der Waals surface area contributed by atoms with Crippen molar-refractivity contribution in [1.82, 2.24) is 19.9 Å². The number of amides is 1. The fourth-order valence-corrected chi connectivity index (χ4v) is 5.86. The molecule has 0 unspecified atom stereocenters. The van der Waals surface area contributed by atoms with E-state index in [9.17, 15) is 4.79 Å². The third-order valence-corrected chi connectivity index (χ3v) is 8.24.